The minimum Gasteiger partial charge on any atom is -0.339 e. The Bertz CT molecular complexity index is 1430. The molecule has 0 unspecified atom stereocenters. The standard InChI is InChI=1S/C22H21N7O4/c1-13-4-6-15(7-5-13)29-22(32)28(3)21(31)19(26-29)20-25-18(33-27-20)9-8-17(30)24-16-12-14(2)10-11-23-16/h4-7,10-12H,8-9H2,1-3H3,(H,23,24,30). The fourth-order valence-corrected chi connectivity index (χ4v) is 3.05. The van der Waals surface area contributed by atoms with Crippen LogP contribution in [-0.2, 0) is 18.3 Å². The van der Waals surface area contributed by atoms with Gasteiger partial charge >= 0.3 is 5.69 Å². The van der Waals surface area contributed by atoms with E-state index >= 15 is 0 Å². The van der Waals surface area contributed by atoms with Crippen molar-refractivity contribution in [3.05, 3.63) is 80.5 Å². The number of hydrogen-bond acceptors (Lipinski definition) is 8. The first-order valence-corrected chi connectivity index (χ1v) is 10.1. The summed E-state index contributed by atoms with van der Waals surface area (Å²) in [5.74, 6) is 0.286. The molecule has 4 aromatic rings. The lowest BCUT2D eigenvalue weighted by atomic mass is 10.2. The normalized spacial score (nSPS) is 10.9. The molecule has 4 rings (SSSR count). The Balaban J connectivity index is 1.54. The molecule has 11 heteroatoms. The van der Waals surface area contributed by atoms with Gasteiger partial charge in [0, 0.05) is 26.1 Å². The highest BCUT2D eigenvalue weighted by molar-refractivity contribution is 5.89. The number of carbonyl (C=O) groups is 1. The highest BCUT2D eigenvalue weighted by atomic mass is 16.5. The maximum absolute atomic E-state index is 12.6. The van der Waals surface area contributed by atoms with Crippen LogP contribution in [0.25, 0.3) is 17.2 Å². The Morgan fingerprint density at radius 2 is 1.85 bits per heavy atom. The molecule has 0 aliphatic carbocycles. The number of carbonyl (C=O) groups excluding carboxylic acids is 1. The van der Waals surface area contributed by atoms with Crippen molar-refractivity contribution in [2.24, 2.45) is 7.05 Å². The monoisotopic (exact) mass is 447 g/mol. The average molecular weight is 447 g/mol. The molecule has 1 aromatic carbocycles. The minimum absolute atomic E-state index is 0.0628. The van der Waals surface area contributed by atoms with Gasteiger partial charge in [-0.3, -0.25) is 14.2 Å². The fraction of sp³-hybridized carbons (Fsp3) is 0.227. The Morgan fingerprint density at radius 1 is 1.09 bits per heavy atom. The summed E-state index contributed by atoms with van der Waals surface area (Å²) < 4.78 is 7.23. The Hall–Kier alpha value is -4.41. The van der Waals surface area contributed by atoms with E-state index in [4.69, 9.17) is 4.52 Å². The molecule has 33 heavy (non-hydrogen) atoms. The molecule has 0 aliphatic heterocycles. The van der Waals surface area contributed by atoms with Crippen molar-refractivity contribution < 1.29 is 9.32 Å². The molecule has 168 valence electrons. The molecule has 1 amide bonds. The molecule has 0 fully saturated rings. The zero-order valence-electron chi connectivity index (χ0n) is 18.3. The van der Waals surface area contributed by atoms with Gasteiger partial charge in [0.25, 0.3) is 5.56 Å². The highest BCUT2D eigenvalue weighted by Crippen LogP contribution is 2.12. The van der Waals surface area contributed by atoms with Crippen molar-refractivity contribution >= 4 is 11.7 Å². The molecule has 1 N–H and O–H groups in total. The number of anilines is 1. The van der Waals surface area contributed by atoms with Gasteiger partial charge in [-0.15, -0.1) is 0 Å². The summed E-state index contributed by atoms with van der Waals surface area (Å²) in [7, 11) is 1.35. The SMILES string of the molecule is Cc1ccc(-n2nc(-c3noc(CCC(=O)Nc4cc(C)ccn4)n3)c(=O)n(C)c2=O)cc1. The summed E-state index contributed by atoms with van der Waals surface area (Å²) in [5.41, 5.74) is 1.09. The Morgan fingerprint density at radius 3 is 2.58 bits per heavy atom. The largest absolute Gasteiger partial charge is 0.351 e. The maximum Gasteiger partial charge on any atom is 0.351 e. The topological polar surface area (TPSA) is 138 Å². The van der Waals surface area contributed by atoms with E-state index in [1.165, 1.54) is 7.05 Å². The molecular formula is C22H21N7O4. The molecule has 0 radical (unpaired) electrons. The number of aryl methyl sites for hydroxylation is 3. The first kappa shape index (κ1) is 21.8. The second-order valence-corrected chi connectivity index (χ2v) is 7.52. The number of nitrogens with one attached hydrogen (secondary N) is 1. The van der Waals surface area contributed by atoms with Crippen molar-refractivity contribution in [3.8, 4) is 17.2 Å². The summed E-state index contributed by atoms with van der Waals surface area (Å²) in [6, 6.07) is 10.7. The quantitative estimate of drug-likeness (QED) is 0.470. The molecular weight excluding hydrogens is 426 g/mol. The van der Waals surface area contributed by atoms with Crippen molar-refractivity contribution in [1.29, 1.82) is 0 Å². The summed E-state index contributed by atoms with van der Waals surface area (Å²) in [5, 5.41) is 10.7. The van der Waals surface area contributed by atoms with Gasteiger partial charge in [0.1, 0.15) is 5.82 Å². The van der Waals surface area contributed by atoms with Crippen LogP contribution in [0.1, 0.15) is 23.4 Å². The second kappa shape index (κ2) is 8.99. The van der Waals surface area contributed by atoms with Crippen LogP contribution in [0.3, 0.4) is 0 Å². The van der Waals surface area contributed by atoms with Gasteiger partial charge < -0.3 is 9.84 Å². The second-order valence-electron chi connectivity index (χ2n) is 7.52. The molecule has 0 saturated heterocycles. The third-order valence-corrected chi connectivity index (χ3v) is 4.88. The van der Waals surface area contributed by atoms with Gasteiger partial charge in [-0.05, 0) is 43.7 Å². The Labute approximate surface area is 187 Å². The van der Waals surface area contributed by atoms with Crippen LogP contribution in [0.4, 0.5) is 5.82 Å². The van der Waals surface area contributed by atoms with Crippen molar-refractivity contribution in [3.63, 3.8) is 0 Å². The number of hydrogen-bond donors (Lipinski definition) is 1. The lowest BCUT2D eigenvalue weighted by molar-refractivity contribution is -0.116. The molecule has 11 nitrogen and oxygen atoms in total. The summed E-state index contributed by atoms with van der Waals surface area (Å²) in [6.07, 6.45) is 1.84. The predicted molar refractivity (Wildman–Crippen MR) is 119 cm³/mol. The van der Waals surface area contributed by atoms with Gasteiger partial charge in [0.2, 0.25) is 17.6 Å². The third kappa shape index (κ3) is 4.76. The van der Waals surface area contributed by atoms with Crippen LogP contribution in [-0.4, -0.2) is 35.4 Å². The van der Waals surface area contributed by atoms with Crippen LogP contribution in [0.2, 0.25) is 0 Å². The van der Waals surface area contributed by atoms with Crippen LogP contribution < -0.4 is 16.6 Å². The van der Waals surface area contributed by atoms with E-state index in [0.29, 0.717) is 11.5 Å². The summed E-state index contributed by atoms with van der Waals surface area (Å²) in [4.78, 5) is 45.7. The van der Waals surface area contributed by atoms with E-state index in [1.807, 2.05) is 32.0 Å². The zero-order valence-corrected chi connectivity index (χ0v) is 18.3. The number of rotatable bonds is 6. The summed E-state index contributed by atoms with van der Waals surface area (Å²) in [6.45, 7) is 3.82. The van der Waals surface area contributed by atoms with E-state index in [2.05, 4.69) is 25.5 Å². The van der Waals surface area contributed by atoms with Gasteiger partial charge in [0.05, 0.1) is 5.69 Å². The van der Waals surface area contributed by atoms with Gasteiger partial charge in [-0.1, -0.05) is 22.9 Å². The third-order valence-electron chi connectivity index (χ3n) is 4.88. The lowest BCUT2D eigenvalue weighted by Crippen LogP contribution is -2.40. The van der Waals surface area contributed by atoms with E-state index in [0.717, 1.165) is 20.4 Å². The van der Waals surface area contributed by atoms with E-state index in [-0.39, 0.29) is 36.2 Å². The molecule has 3 heterocycles. The number of aromatic nitrogens is 6. The molecule has 0 spiro atoms. The Kier molecular flexibility index (Phi) is 5.94. The first-order chi connectivity index (χ1) is 15.8. The molecule has 0 aliphatic rings. The molecule has 0 bridgehead atoms. The smallest absolute Gasteiger partial charge is 0.339 e. The number of benzene rings is 1. The summed E-state index contributed by atoms with van der Waals surface area (Å²) >= 11 is 0. The minimum atomic E-state index is -0.654. The van der Waals surface area contributed by atoms with E-state index in [1.54, 1.807) is 24.4 Å². The van der Waals surface area contributed by atoms with Crippen molar-refractivity contribution in [2.45, 2.75) is 26.7 Å². The molecule has 0 atom stereocenters. The van der Waals surface area contributed by atoms with Crippen LogP contribution in [0.15, 0.2) is 56.7 Å². The fourth-order valence-electron chi connectivity index (χ4n) is 3.05. The average Bonchev–Trinajstić information content (AvgIpc) is 3.26. The highest BCUT2D eigenvalue weighted by Gasteiger charge is 2.19. The van der Waals surface area contributed by atoms with Gasteiger partial charge in [-0.25, -0.2) is 9.78 Å². The maximum atomic E-state index is 12.6. The number of pyridine rings is 1. The van der Waals surface area contributed by atoms with Crippen LogP contribution in [0, 0.1) is 13.8 Å². The van der Waals surface area contributed by atoms with E-state index < -0.39 is 11.2 Å². The van der Waals surface area contributed by atoms with Crippen LogP contribution in [0.5, 0.6) is 0 Å². The van der Waals surface area contributed by atoms with Crippen molar-refractivity contribution in [2.75, 3.05) is 5.32 Å². The molecule has 0 saturated carbocycles. The zero-order chi connectivity index (χ0) is 23.5. The number of amides is 1. The molecule has 3 aromatic heterocycles. The predicted octanol–water partition coefficient (Wildman–Crippen LogP) is 1.56. The number of nitrogens with zero attached hydrogens (tertiary/aromatic N) is 6. The van der Waals surface area contributed by atoms with E-state index in [9.17, 15) is 14.4 Å². The lowest BCUT2D eigenvalue weighted by Gasteiger charge is -2.08. The van der Waals surface area contributed by atoms with Crippen molar-refractivity contribution in [1.82, 2.24) is 29.5 Å². The van der Waals surface area contributed by atoms with Gasteiger partial charge in [0.15, 0.2) is 5.69 Å². The van der Waals surface area contributed by atoms with Gasteiger partial charge in [-0.2, -0.15) is 14.8 Å². The first-order valence-electron chi connectivity index (χ1n) is 10.1. The van der Waals surface area contributed by atoms with Crippen LogP contribution >= 0.6 is 0 Å².